The van der Waals surface area contributed by atoms with Crippen LogP contribution in [-0.4, -0.2) is 22.5 Å². The van der Waals surface area contributed by atoms with E-state index >= 15 is 0 Å². The lowest BCUT2D eigenvalue weighted by atomic mass is 10.0. The van der Waals surface area contributed by atoms with E-state index in [1.54, 1.807) is 0 Å². The first kappa shape index (κ1) is 10.6. The molecule has 15 heavy (non-hydrogen) atoms. The van der Waals surface area contributed by atoms with Gasteiger partial charge in [-0.3, -0.25) is 9.88 Å². The van der Waals surface area contributed by atoms with Gasteiger partial charge < -0.3 is 0 Å². The monoisotopic (exact) mass is 204 g/mol. The van der Waals surface area contributed by atoms with Crippen molar-refractivity contribution in [1.29, 1.82) is 0 Å². The van der Waals surface area contributed by atoms with Gasteiger partial charge in [0.15, 0.2) is 0 Å². The maximum absolute atomic E-state index is 4.26. The fourth-order valence-electron chi connectivity index (χ4n) is 2.54. The summed E-state index contributed by atoms with van der Waals surface area (Å²) in [6.07, 6.45) is 4.55. The number of likely N-dealkylation sites (tertiary alicyclic amines) is 1. The number of hydrogen-bond donors (Lipinski definition) is 0. The predicted octanol–water partition coefficient (Wildman–Crippen LogP) is 2.94. The number of pyridine rings is 1. The van der Waals surface area contributed by atoms with Gasteiger partial charge in [0.25, 0.3) is 0 Å². The Bertz CT molecular complexity index is 333. The molecule has 1 unspecified atom stereocenters. The molecule has 1 aromatic rings. The molecule has 0 aromatic carbocycles. The number of aromatic nitrogens is 1. The Morgan fingerprint density at radius 3 is 2.93 bits per heavy atom. The number of rotatable bonds is 2. The highest BCUT2D eigenvalue weighted by atomic mass is 15.2. The molecule has 1 fully saturated rings. The van der Waals surface area contributed by atoms with E-state index in [2.05, 4.69) is 42.8 Å². The van der Waals surface area contributed by atoms with Crippen molar-refractivity contribution >= 4 is 0 Å². The zero-order chi connectivity index (χ0) is 10.8. The Hall–Kier alpha value is -0.890. The molecule has 2 heterocycles. The molecule has 2 nitrogen and oxygen atoms in total. The quantitative estimate of drug-likeness (QED) is 0.736. The van der Waals surface area contributed by atoms with Gasteiger partial charge in [0.1, 0.15) is 0 Å². The molecule has 0 radical (unpaired) electrons. The largest absolute Gasteiger partial charge is 0.294 e. The lowest BCUT2D eigenvalue weighted by Crippen LogP contribution is -2.30. The highest BCUT2D eigenvalue weighted by Gasteiger charge is 2.27. The molecule has 1 aliphatic rings. The molecule has 1 aliphatic heterocycles. The van der Waals surface area contributed by atoms with E-state index in [0.29, 0.717) is 12.1 Å². The van der Waals surface area contributed by atoms with Crippen LogP contribution < -0.4 is 0 Å². The van der Waals surface area contributed by atoms with Crippen LogP contribution >= 0.6 is 0 Å². The minimum absolute atomic E-state index is 0.617. The first-order valence-electron chi connectivity index (χ1n) is 5.87. The Labute approximate surface area is 92.3 Å². The Balaban J connectivity index is 2.22. The molecule has 0 N–H and O–H groups in total. The fourth-order valence-corrected chi connectivity index (χ4v) is 2.54. The molecule has 82 valence electrons. The summed E-state index contributed by atoms with van der Waals surface area (Å²) in [5.41, 5.74) is 2.57. The Morgan fingerprint density at radius 2 is 2.27 bits per heavy atom. The van der Waals surface area contributed by atoms with Crippen LogP contribution in [-0.2, 0) is 0 Å². The molecule has 1 aromatic heterocycles. The summed E-state index contributed by atoms with van der Waals surface area (Å²) >= 11 is 0. The standard InChI is InChI=1S/C13H20N2/c1-10(2)15-8-4-5-13(15)12-6-7-14-11(3)9-12/h6-7,9-10,13H,4-5,8H2,1-3H3. The van der Waals surface area contributed by atoms with E-state index in [1.807, 2.05) is 6.20 Å². The van der Waals surface area contributed by atoms with Gasteiger partial charge in [-0.15, -0.1) is 0 Å². The summed E-state index contributed by atoms with van der Waals surface area (Å²) in [6, 6.07) is 5.65. The fraction of sp³-hybridized carbons (Fsp3) is 0.615. The molecular weight excluding hydrogens is 184 g/mol. The summed E-state index contributed by atoms with van der Waals surface area (Å²) in [5, 5.41) is 0. The summed E-state index contributed by atoms with van der Waals surface area (Å²) in [4.78, 5) is 6.85. The average Bonchev–Trinajstić information content (AvgIpc) is 2.65. The lowest BCUT2D eigenvalue weighted by Gasteiger charge is -2.28. The molecule has 2 rings (SSSR count). The van der Waals surface area contributed by atoms with Crippen molar-refractivity contribution in [2.45, 2.75) is 45.7 Å². The molecule has 1 saturated heterocycles. The molecule has 0 spiro atoms. The van der Waals surface area contributed by atoms with Crippen LogP contribution in [0.1, 0.15) is 44.0 Å². The molecule has 0 aliphatic carbocycles. The SMILES string of the molecule is Cc1cc(C2CCCN2C(C)C)ccn1. The molecule has 1 atom stereocenters. The third-order valence-corrected chi connectivity index (χ3v) is 3.26. The van der Waals surface area contributed by atoms with Crippen molar-refractivity contribution in [3.05, 3.63) is 29.6 Å². The first-order chi connectivity index (χ1) is 7.18. The van der Waals surface area contributed by atoms with Crippen LogP contribution in [0.3, 0.4) is 0 Å². The Kier molecular flexibility index (Phi) is 3.06. The topological polar surface area (TPSA) is 16.1 Å². The van der Waals surface area contributed by atoms with Gasteiger partial charge in [0.05, 0.1) is 0 Å². The van der Waals surface area contributed by atoms with E-state index in [9.17, 15) is 0 Å². The molecule has 2 heteroatoms. The minimum atomic E-state index is 0.617. The summed E-state index contributed by atoms with van der Waals surface area (Å²) in [5.74, 6) is 0. The van der Waals surface area contributed by atoms with Crippen molar-refractivity contribution in [1.82, 2.24) is 9.88 Å². The summed E-state index contributed by atoms with van der Waals surface area (Å²) in [6.45, 7) is 7.88. The zero-order valence-corrected chi connectivity index (χ0v) is 9.90. The van der Waals surface area contributed by atoms with Crippen LogP contribution in [0.5, 0.6) is 0 Å². The van der Waals surface area contributed by atoms with Gasteiger partial charge in [-0.25, -0.2) is 0 Å². The molecule has 0 saturated carbocycles. The molecular formula is C13H20N2. The van der Waals surface area contributed by atoms with E-state index in [4.69, 9.17) is 0 Å². The van der Waals surface area contributed by atoms with Crippen molar-refractivity contribution in [3.8, 4) is 0 Å². The number of hydrogen-bond acceptors (Lipinski definition) is 2. The highest BCUT2D eigenvalue weighted by molar-refractivity contribution is 5.20. The van der Waals surface area contributed by atoms with Gasteiger partial charge >= 0.3 is 0 Å². The van der Waals surface area contributed by atoms with E-state index in [0.717, 1.165) is 5.69 Å². The lowest BCUT2D eigenvalue weighted by molar-refractivity contribution is 0.205. The maximum atomic E-state index is 4.26. The highest BCUT2D eigenvalue weighted by Crippen LogP contribution is 2.33. The second-order valence-corrected chi connectivity index (χ2v) is 4.72. The summed E-state index contributed by atoms with van der Waals surface area (Å²) in [7, 11) is 0. The Morgan fingerprint density at radius 1 is 1.47 bits per heavy atom. The number of nitrogens with zero attached hydrogens (tertiary/aromatic N) is 2. The van der Waals surface area contributed by atoms with Gasteiger partial charge in [-0.1, -0.05) is 0 Å². The van der Waals surface area contributed by atoms with E-state index in [1.165, 1.54) is 24.9 Å². The van der Waals surface area contributed by atoms with Gasteiger partial charge in [-0.2, -0.15) is 0 Å². The van der Waals surface area contributed by atoms with Crippen molar-refractivity contribution in [3.63, 3.8) is 0 Å². The van der Waals surface area contributed by atoms with Crippen LogP contribution in [0.2, 0.25) is 0 Å². The minimum Gasteiger partial charge on any atom is -0.294 e. The van der Waals surface area contributed by atoms with Gasteiger partial charge in [0, 0.05) is 24.0 Å². The zero-order valence-electron chi connectivity index (χ0n) is 9.90. The van der Waals surface area contributed by atoms with Crippen molar-refractivity contribution in [2.24, 2.45) is 0 Å². The van der Waals surface area contributed by atoms with E-state index in [-0.39, 0.29) is 0 Å². The van der Waals surface area contributed by atoms with Crippen LogP contribution in [0.25, 0.3) is 0 Å². The van der Waals surface area contributed by atoms with Crippen molar-refractivity contribution in [2.75, 3.05) is 6.54 Å². The second kappa shape index (κ2) is 4.31. The third-order valence-electron chi connectivity index (χ3n) is 3.26. The predicted molar refractivity (Wildman–Crippen MR) is 62.8 cm³/mol. The summed E-state index contributed by atoms with van der Waals surface area (Å²) < 4.78 is 0. The van der Waals surface area contributed by atoms with Crippen LogP contribution in [0.15, 0.2) is 18.3 Å². The first-order valence-corrected chi connectivity index (χ1v) is 5.87. The van der Waals surface area contributed by atoms with Crippen LogP contribution in [0.4, 0.5) is 0 Å². The van der Waals surface area contributed by atoms with Gasteiger partial charge in [-0.05, 0) is 57.9 Å². The normalized spacial score (nSPS) is 22.5. The number of aryl methyl sites for hydroxylation is 1. The van der Waals surface area contributed by atoms with E-state index < -0.39 is 0 Å². The van der Waals surface area contributed by atoms with Crippen LogP contribution in [0, 0.1) is 6.92 Å². The maximum Gasteiger partial charge on any atom is 0.0375 e. The molecule has 0 amide bonds. The average molecular weight is 204 g/mol. The smallest absolute Gasteiger partial charge is 0.0375 e. The second-order valence-electron chi connectivity index (χ2n) is 4.72. The van der Waals surface area contributed by atoms with Crippen molar-refractivity contribution < 1.29 is 0 Å². The third kappa shape index (κ3) is 2.20. The molecule has 0 bridgehead atoms. The van der Waals surface area contributed by atoms with Gasteiger partial charge in [0.2, 0.25) is 0 Å².